The third-order valence-electron chi connectivity index (χ3n) is 2.19. The average Bonchev–Trinajstić information content (AvgIpc) is 2.59. The van der Waals surface area contributed by atoms with E-state index in [1.165, 1.54) is 0 Å². The van der Waals surface area contributed by atoms with Gasteiger partial charge in [0.25, 0.3) is 0 Å². The van der Waals surface area contributed by atoms with Gasteiger partial charge in [0, 0.05) is 12.8 Å². The molecule has 0 saturated carbocycles. The van der Waals surface area contributed by atoms with Crippen LogP contribution in [0.15, 0.2) is 18.2 Å². The minimum absolute atomic E-state index is 0.304. The maximum atomic E-state index is 11.1. The van der Waals surface area contributed by atoms with Gasteiger partial charge in [-0.2, -0.15) is 0 Å². The van der Waals surface area contributed by atoms with Crippen LogP contribution < -0.4 is 4.74 Å². The largest absolute Gasteiger partial charge is 0.497 e. The van der Waals surface area contributed by atoms with Gasteiger partial charge in [0.1, 0.15) is 11.5 Å². The van der Waals surface area contributed by atoms with Crippen LogP contribution in [0.4, 0.5) is 0 Å². The summed E-state index contributed by atoms with van der Waals surface area (Å²) in [6.45, 7) is 4.00. The van der Waals surface area contributed by atoms with E-state index in [9.17, 15) is 4.79 Å². The fourth-order valence-electron chi connectivity index (χ4n) is 1.55. The Bertz CT molecular complexity index is 329. The molecule has 2 nitrogen and oxygen atoms in total. The summed E-state index contributed by atoms with van der Waals surface area (Å²) < 4.78 is 5.06. The first-order valence-electron chi connectivity index (χ1n) is 4.97. The Labute approximate surface area is 84.9 Å². The van der Waals surface area contributed by atoms with Crippen molar-refractivity contribution in [1.29, 1.82) is 0 Å². The number of ether oxygens (including phenoxy) is 1. The van der Waals surface area contributed by atoms with E-state index in [1.54, 1.807) is 7.11 Å². The van der Waals surface area contributed by atoms with Gasteiger partial charge in [0.2, 0.25) is 0 Å². The molecular weight excluding hydrogens is 176 g/mol. The second-order valence-electron chi connectivity index (χ2n) is 3.03. The Balaban J connectivity index is 0.000000461. The molecule has 1 aliphatic rings. The first-order chi connectivity index (χ1) is 6.79. The second-order valence-corrected chi connectivity index (χ2v) is 3.03. The van der Waals surface area contributed by atoms with Crippen LogP contribution in [0.1, 0.15) is 25.0 Å². The van der Waals surface area contributed by atoms with Crippen molar-refractivity contribution in [3.05, 3.63) is 29.3 Å². The van der Waals surface area contributed by atoms with Crippen molar-refractivity contribution in [3.8, 4) is 5.75 Å². The Kier molecular flexibility index (Phi) is 3.69. The maximum absolute atomic E-state index is 11.1. The van der Waals surface area contributed by atoms with E-state index in [0.717, 1.165) is 16.9 Å². The fourth-order valence-corrected chi connectivity index (χ4v) is 1.55. The third-order valence-corrected chi connectivity index (χ3v) is 2.19. The number of hydrogen-bond acceptors (Lipinski definition) is 2. The summed E-state index contributed by atoms with van der Waals surface area (Å²) in [5.74, 6) is 1.14. The van der Waals surface area contributed by atoms with E-state index in [1.807, 2.05) is 32.0 Å². The molecule has 0 radical (unpaired) electrons. The molecule has 0 aromatic heterocycles. The van der Waals surface area contributed by atoms with Gasteiger partial charge in [-0.05, 0) is 23.3 Å². The zero-order valence-electron chi connectivity index (χ0n) is 8.96. The number of fused-ring (bicyclic) bond motifs is 1. The number of hydrogen-bond donors (Lipinski definition) is 0. The molecule has 0 spiro atoms. The molecule has 0 heterocycles. The van der Waals surface area contributed by atoms with E-state index in [4.69, 9.17) is 4.74 Å². The van der Waals surface area contributed by atoms with Gasteiger partial charge in [0.05, 0.1) is 7.11 Å². The van der Waals surface area contributed by atoms with Crippen LogP contribution in [-0.2, 0) is 17.6 Å². The number of ketones is 1. The lowest BCUT2D eigenvalue weighted by atomic mass is 10.1. The molecule has 76 valence electrons. The molecule has 0 unspecified atom stereocenters. The lowest BCUT2D eigenvalue weighted by molar-refractivity contribution is -0.117. The number of Topliss-reactive ketones (excluding diaryl/α,β-unsaturated/α-hetero) is 1. The Morgan fingerprint density at radius 3 is 2.43 bits per heavy atom. The van der Waals surface area contributed by atoms with Crippen LogP contribution in [0.25, 0.3) is 0 Å². The van der Waals surface area contributed by atoms with Gasteiger partial charge < -0.3 is 4.74 Å². The molecule has 0 aliphatic heterocycles. The summed E-state index contributed by atoms with van der Waals surface area (Å²) in [5, 5.41) is 0. The van der Waals surface area contributed by atoms with Gasteiger partial charge in [-0.15, -0.1) is 0 Å². The number of rotatable bonds is 1. The normalized spacial score (nSPS) is 12.9. The molecule has 1 aromatic rings. The van der Waals surface area contributed by atoms with Gasteiger partial charge in [-0.1, -0.05) is 19.9 Å². The van der Waals surface area contributed by atoms with Crippen LogP contribution >= 0.6 is 0 Å². The highest BCUT2D eigenvalue weighted by molar-refractivity contribution is 5.88. The van der Waals surface area contributed by atoms with Crippen molar-refractivity contribution in [2.75, 3.05) is 7.11 Å². The highest BCUT2D eigenvalue weighted by Gasteiger charge is 2.18. The van der Waals surface area contributed by atoms with Crippen LogP contribution in [0.5, 0.6) is 5.75 Å². The minimum atomic E-state index is 0.304. The molecule has 0 bridgehead atoms. The average molecular weight is 192 g/mol. The highest BCUT2D eigenvalue weighted by atomic mass is 16.5. The van der Waals surface area contributed by atoms with E-state index in [0.29, 0.717) is 18.6 Å². The number of benzene rings is 1. The second kappa shape index (κ2) is 4.80. The summed E-state index contributed by atoms with van der Waals surface area (Å²) in [7, 11) is 1.64. The van der Waals surface area contributed by atoms with E-state index >= 15 is 0 Å². The summed E-state index contributed by atoms with van der Waals surface area (Å²) in [4.78, 5) is 11.1. The van der Waals surface area contributed by atoms with Crippen molar-refractivity contribution in [3.63, 3.8) is 0 Å². The van der Waals surface area contributed by atoms with E-state index in [-0.39, 0.29) is 0 Å². The van der Waals surface area contributed by atoms with Crippen molar-refractivity contribution >= 4 is 5.78 Å². The summed E-state index contributed by atoms with van der Waals surface area (Å²) in [5.41, 5.74) is 2.28. The lowest BCUT2D eigenvalue weighted by Gasteiger charge is -2.01. The summed E-state index contributed by atoms with van der Waals surface area (Å²) >= 11 is 0. The quantitative estimate of drug-likeness (QED) is 0.683. The van der Waals surface area contributed by atoms with Crippen molar-refractivity contribution in [2.45, 2.75) is 26.7 Å². The SMILES string of the molecule is CC.COc1ccc2c(c1)CC(=O)C2. The van der Waals surface area contributed by atoms with Crippen LogP contribution in [0.3, 0.4) is 0 Å². The summed E-state index contributed by atoms with van der Waals surface area (Å²) in [6, 6.07) is 5.82. The fraction of sp³-hybridized carbons (Fsp3) is 0.417. The van der Waals surface area contributed by atoms with Crippen LogP contribution in [-0.4, -0.2) is 12.9 Å². The van der Waals surface area contributed by atoms with E-state index in [2.05, 4.69) is 0 Å². The summed E-state index contributed by atoms with van der Waals surface area (Å²) in [6.07, 6.45) is 1.17. The number of carbonyl (C=O) groups is 1. The molecule has 0 atom stereocenters. The zero-order chi connectivity index (χ0) is 10.6. The topological polar surface area (TPSA) is 26.3 Å². The molecule has 2 rings (SSSR count). The van der Waals surface area contributed by atoms with Gasteiger partial charge in [0.15, 0.2) is 0 Å². The Morgan fingerprint density at radius 2 is 1.79 bits per heavy atom. The van der Waals surface area contributed by atoms with Crippen LogP contribution in [0.2, 0.25) is 0 Å². The standard InChI is InChI=1S/C10H10O2.C2H6/c1-12-10-3-2-7-4-9(11)5-8(7)6-10;1-2/h2-3,6H,4-5H2,1H3;1-2H3. The Hall–Kier alpha value is -1.31. The third kappa shape index (κ3) is 2.13. The number of methoxy groups -OCH3 is 1. The maximum Gasteiger partial charge on any atom is 0.141 e. The molecule has 1 aliphatic carbocycles. The van der Waals surface area contributed by atoms with Crippen molar-refractivity contribution in [1.82, 2.24) is 0 Å². The van der Waals surface area contributed by atoms with E-state index < -0.39 is 0 Å². The molecule has 0 N–H and O–H groups in total. The first-order valence-corrected chi connectivity index (χ1v) is 4.97. The van der Waals surface area contributed by atoms with Crippen molar-refractivity contribution < 1.29 is 9.53 Å². The molecule has 2 heteroatoms. The first kappa shape index (κ1) is 10.8. The smallest absolute Gasteiger partial charge is 0.141 e. The molecule has 0 amide bonds. The monoisotopic (exact) mass is 192 g/mol. The van der Waals surface area contributed by atoms with Gasteiger partial charge in [-0.3, -0.25) is 4.79 Å². The molecule has 0 saturated heterocycles. The molecule has 14 heavy (non-hydrogen) atoms. The van der Waals surface area contributed by atoms with Crippen molar-refractivity contribution in [2.24, 2.45) is 0 Å². The minimum Gasteiger partial charge on any atom is -0.497 e. The molecular formula is C12H16O2. The highest BCUT2D eigenvalue weighted by Crippen LogP contribution is 2.23. The molecule has 1 aromatic carbocycles. The molecule has 0 fully saturated rings. The lowest BCUT2D eigenvalue weighted by Crippen LogP contribution is -1.92. The Morgan fingerprint density at radius 1 is 1.14 bits per heavy atom. The van der Waals surface area contributed by atoms with Gasteiger partial charge >= 0.3 is 0 Å². The van der Waals surface area contributed by atoms with Gasteiger partial charge in [-0.25, -0.2) is 0 Å². The predicted molar refractivity (Wildman–Crippen MR) is 56.8 cm³/mol. The predicted octanol–water partition coefficient (Wildman–Crippen LogP) is 2.39. The van der Waals surface area contributed by atoms with Crippen LogP contribution in [0, 0.1) is 0 Å². The zero-order valence-corrected chi connectivity index (χ0v) is 8.96. The number of carbonyl (C=O) groups excluding carboxylic acids is 1.